The van der Waals surface area contributed by atoms with Gasteiger partial charge in [-0.25, -0.2) is 0 Å². The third kappa shape index (κ3) is 3.88. The SMILES string of the molecule is Cc1cc(CCC2(CN)CCC2)cc(OC(F)(F)F)c1. The van der Waals surface area contributed by atoms with E-state index >= 15 is 0 Å². The lowest BCUT2D eigenvalue weighted by atomic mass is 9.66. The normalized spacial score (nSPS) is 17.6. The van der Waals surface area contributed by atoms with Gasteiger partial charge in [-0.15, -0.1) is 13.2 Å². The maximum atomic E-state index is 12.3. The van der Waals surface area contributed by atoms with Gasteiger partial charge in [-0.2, -0.15) is 0 Å². The molecule has 1 aliphatic rings. The lowest BCUT2D eigenvalue weighted by Crippen LogP contribution is -2.37. The standard InChI is InChI=1S/C15H20F3NO/c1-11-7-12(3-6-14(10-19)4-2-5-14)9-13(8-11)20-15(16,17)18/h7-9H,2-6,10,19H2,1H3. The Kier molecular flexibility index (Phi) is 4.28. The number of alkyl halides is 3. The Hall–Kier alpha value is -1.23. The Balaban J connectivity index is 2.04. The molecule has 5 heteroatoms. The van der Waals surface area contributed by atoms with Gasteiger partial charge in [-0.1, -0.05) is 12.5 Å². The van der Waals surface area contributed by atoms with Crippen molar-refractivity contribution in [1.29, 1.82) is 0 Å². The van der Waals surface area contributed by atoms with Gasteiger partial charge in [-0.3, -0.25) is 0 Å². The summed E-state index contributed by atoms with van der Waals surface area (Å²) >= 11 is 0. The summed E-state index contributed by atoms with van der Waals surface area (Å²) in [5.74, 6) is -0.136. The monoisotopic (exact) mass is 287 g/mol. The fourth-order valence-corrected chi connectivity index (χ4v) is 2.80. The lowest BCUT2D eigenvalue weighted by Gasteiger charge is -2.41. The summed E-state index contributed by atoms with van der Waals surface area (Å²) in [4.78, 5) is 0. The predicted molar refractivity (Wildman–Crippen MR) is 71.5 cm³/mol. The Labute approximate surface area is 117 Å². The molecule has 0 atom stereocenters. The summed E-state index contributed by atoms with van der Waals surface area (Å²) in [6.45, 7) is 2.43. The topological polar surface area (TPSA) is 35.2 Å². The summed E-state index contributed by atoms with van der Waals surface area (Å²) < 4.78 is 40.8. The summed E-state index contributed by atoms with van der Waals surface area (Å²) in [5, 5.41) is 0. The number of aryl methyl sites for hydroxylation is 2. The van der Waals surface area contributed by atoms with Crippen molar-refractivity contribution in [2.75, 3.05) is 6.54 Å². The molecule has 1 aliphatic carbocycles. The second-order valence-corrected chi connectivity index (χ2v) is 5.76. The largest absolute Gasteiger partial charge is 0.573 e. The molecule has 0 aliphatic heterocycles. The third-order valence-corrected chi connectivity index (χ3v) is 4.14. The first-order chi connectivity index (χ1) is 9.32. The minimum Gasteiger partial charge on any atom is -0.406 e. The van der Waals surface area contributed by atoms with Crippen molar-refractivity contribution >= 4 is 0 Å². The van der Waals surface area contributed by atoms with E-state index in [4.69, 9.17) is 5.73 Å². The average molecular weight is 287 g/mol. The molecule has 1 fully saturated rings. The summed E-state index contributed by atoms with van der Waals surface area (Å²) in [5.41, 5.74) is 7.66. The van der Waals surface area contributed by atoms with Crippen LogP contribution in [-0.2, 0) is 6.42 Å². The van der Waals surface area contributed by atoms with Crippen LogP contribution in [0.3, 0.4) is 0 Å². The van der Waals surface area contributed by atoms with Crippen LogP contribution in [-0.4, -0.2) is 12.9 Å². The Bertz CT molecular complexity index is 461. The molecular formula is C15H20F3NO. The van der Waals surface area contributed by atoms with Crippen LogP contribution in [0.25, 0.3) is 0 Å². The highest BCUT2D eigenvalue weighted by Crippen LogP contribution is 2.43. The van der Waals surface area contributed by atoms with Crippen LogP contribution in [0.2, 0.25) is 0 Å². The van der Waals surface area contributed by atoms with E-state index in [1.807, 2.05) is 6.07 Å². The molecule has 0 aromatic heterocycles. The second-order valence-electron chi connectivity index (χ2n) is 5.76. The van der Waals surface area contributed by atoms with Crippen LogP contribution in [0.4, 0.5) is 13.2 Å². The number of nitrogens with two attached hydrogens (primary N) is 1. The first-order valence-electron chi connectivity index (χ1n) is 6.88. The summed E-state index contributed by atoms with van der Waals surface area (Å²) in [6.07, 6.45) is 0.485. The van der Waals surface area contributed by atoms with E-state index in [1.165, 1.54) is 18.6 Å². The number of hydrogen-bond donors (Lipinski definition) is 1. The van der Waals surface area contributed by atoms with Gasteiger partial charge in [0.2, 0.25) is 0 Å². The van der Waals surface area contributed by atoms with Crippen molar-refractivity contribution in [3.63, 3.8) is 0 Å². The highest BCUT2D eigenvalue weighted by Gasteiger charge is 2.35. The molecule has 2 N–H and O–H groups in total. The molecule has 0 radical (unpaired) electrons. The fourth-order valence-electron chi connectivity index (χ4n) is 2.80. The number of halogens is 3. The quantitative estimate of drug-likeness (QED) is 0.889. The summed E-state index contributed by atoms with van der Waals surface area (Å²) in [7, 11) is 0. The van der Waals surface area contributed by atoms with Crippen molar-refractivity contribution in [2.24, 2.45) is 11.1 Å². The zero-order valence-electron chi connectivity index (χ0n) is 11.6. The van der Waals surface area contributed by atoms with E-state index in [9.17, 15) is 13.2 Å². The number of benzene rings is 1. The van der Waals surface area contributed by atoms with Crippen molar-refractivity contribution in [2.45, 2.75) is 45.4 Å². The molecule has 0 amide bonds. The molecule has 2 rings (SSSR count). The molecule has 1 aromatic rings. The molecule has 0 spiro atoms. The van der Waals surface area contributed by atoms with Crippen LogP contribution in [0.1, 0.15) is 36.8 Å². The maximum Gasteiger partial charge on any atom is 0.573 e. The third-order valence-electron chi connectivity index (χ3n) is 4.14. The molecule has 0 unspecified atom stereocenters. The van der Waals surface area contributed by atoms with E-state index in [-0.39, 0.29) is 11.2 Å². The molecule has 112 valence electrons. The van der Waals surface area contributed by atoms with Crippen molar-refractivity contribution in [3.05, 3.63) is 29.3 Å². The Morgan fingerprint density at radius 2 is 1.95 bits per heavy atom. The maximum absolute atomic E-state index is 12.3. The van der Waals surface area contributed by atoms with Crippen molar-refractivity contribution < 1.29 is 17.9 Å². The summed E-state index contributed by atoms with van der Waals surface area (Å²) in [6, 6.07) is 4.79. The van der Waals surface area contributed by atoms with Gasteiger partial charge >= 0.3 is 6.36 Å². The van der Waals surface area contributed by atoms with Crippen molar-refractivity contribution in [3.8, 4) is 5.75 Å². The predicted octanol–water partition coefficient (Wildman–Crippen LogP) is 3.96. The highest BCUT2D eigenvalue weighted by molar-refractivity contribution is 5.34. The van der Waals surface area contributed by atoms with Gasteiger partial charge in [0.25, 0.3) is 0 Å². The number of ether oxygens (including phenoxy) is 1. The molecule has 2 nitrogen and oxygen atoms in total. The Morgan fingerprint density at radius 3 is 2.45 bits per heavy atom. The van der Waals surface area contributed by atoms with Crippen LogP contribution in [0.15, 0.2) is 18.2 Å². The molecule has 1 aromatic carbocycles. The van der Waals surface area contributed by atoms with E-state index in [2.05, 4.69) is 4.74 Å². The second kappa shape index (κ2) is 5.64. The zero-order valence-corrected chi connectivity index (χ0v) is 11.6. The Morgan fingerprint density at radius 1 is 1.25 bits per heavy atom. The highest BCUT2D eigenvalue weighted by atomic mass is 19.4. The molecule has 0 saturated heterocycles. The van der Waals surface area contributed by atoms with Gasteiger partial charge in [-0.05, 0) is 67.8 Å². The van der Waals surface area contributed by atoms with Crippen LogP contribution in [0.5, 0.6) is 5.75 Å². The zero-order chi connectivity index (χ0) is 14.8. The number of rotatable bonds is 5. The lowest BCUT2D eigenvalue weighted by molar-refractivity contribution is -0.274. The first-order valence-corrected chi connectivity index (χ1v) is 6.88. The smallest absolute Gasteiger partial charge is 0.406 e. The minimum atomic E-state index is -4.64. The first kappa shape index (κ1) is 15.2. The fraction of sp³-hybridized carbons (Fsp3) is 0.600. The van der Waals surface area contributed by atoms with Gasteiger partial charge in [0.05, 0.1) is 0 Å². The van der Waals surface area contributed by atoms with E-state index < -0.39 is 6.36 Å². The van der Waals surface area contributed by atoms with Gasteiger partial charge in [0.15, 0.2) is 0 Å². The van der Waals surface area contributed by atoms with Crippen LogP contribution < -0.4 is 10.5 Å². The van der Waals surface area contributed by atoms with E-state index in [0.717, 1.165) is 36.8 Å². The van der Waals surface area contributed by atoms with E-state index in [1.54, 1.807) is 6.92 Å². The molecule has 0 heterocycles. The van der Waals surface area contributed by atoms with Crippen LogP contribution >= 0.6 is 0 Å². The average Bonchev–Trinajstić information content (AvgIpc) is 2.24. The van der Waals surface area contributed by atoms with E-state index in [0.29, 0.717) is 6.54 Å². The van der Waals surface area contributed by atoms with Gasteiger partial charge in [0.1, 0.15) is 5.75 Å². The van der Waals surface area contributed by atoms with Crippen LogP contribution in [0, 0.1) is 12.3 Å². The van der Waals surface area contributed by atoms with Gasteiger partial charge < -0.3 is 10.5 Å². The van der Waals surface area contributed by atoms with Crippen molar-refractivity contribution in [1.82, 2.24) is 0 Å². The molecular weight excluding hydrogens is 267 g/mol. The molecule has 1 saturated carbocycles. The number of hydrogen-bond acceptors (Lipinski definition) is 2. The minimum absolute atomic E-state index is 0.136. The van der Waals surface area contributed by atoms with Gasteiger partial charge in [0, 0.05) is 0 Å². The molecule has 20 heavy (non-hydrogen) atoms. The molecule has 0 bridgehead atoms.